The average Bonchev–Trinajstić information content (AvgIpc) is 2.56. The van der Waals surface area contributed by atoms with Crippen molar-refractivity contribution in [2.75, 3.05) is 7.11 Å². The number of nitriles is 1. The molecule has 1 aromatic heterocycles. The highest BCUT2D eigenvalue weighted by Crippen LogP contribution is 2.17. The molecule has 0 saturated heterocycles. The fraction of sp³-hybridized carbons (Fsp3) is 0.500. The summed E-state index contributed by atoms with van der Waals surface area (Å²) in [6.45, 7) is -0.227. The molecule has 1 N–H and O–H groups in total. The molecule has 0 unspecified atom stereocenters. The van der Waals surface area contributed by atoms with Gasteiger partial charge in [-0.3, -0.25) is 9.59 Å². The highest BCUT2D eigenvalue weighted by Gasteiger charge is 2.18. The zero-order chi connectivity index (χ0) is 16.8. The van der Waals surface area contributed by atoms with Gasteiger partial charge in [-0.25, -0.2) is 4.79 Å². The van der Waals surface area contributed by atoms with E-state index in [0.717, 1.165) is 30.3 Å². The van der Waals surface area contributed by atoms with Crippen LogP contribution >= 0.6 is 0 Å². The molecule has 0 atom stereocenters. The van der Waals surface area contributed by atoms with Gasteiger partial charge >= 0.3 is 5.97 Å². The van der Waals surface area contributed by atoms with Crippen molar-refractivity contribution in [3.8, 4) is 6.07 Å². The molecule has 7 heteroatoms. The molecular weight excluding hydrogens is 298 g/mol. The summed E-state index contributed by atoms with van der Waals surface area (Å²) in [7, 11) is 1.21. The van der Waals surface area contributed by atoms with Crippen LogP contribution in [0.3, 0.4) is 0 Å². The Morgan fingerprint density at radius 3 is 2.70 bits per heavy atom. The lowest BCUT2D eigenvalue weighted by Gasteiger charge is -2.23. The molecule has 0 aliphatic heterocycles. The number of rotatable bonds is 4. The van der Waals surface area contributed by atoms with Gasteiger partial charge in [0.15, 0.2) is 0 Å². The summed E-state index contributed by atoms with van der Waals surface area (Å²) in [6.07, 6.45) is 6.47. The van der Waals surface area contributed by atoms with Gasteiger partial charge in [0, 0.05) is 12.2 Å². The number of carbonyl (C=O) groups excluding carboxylic acids is 2. The molecule has 2 rings (SSSR count). The second-order valence-electron chi connectivity index (χ2n) is 5.58. The van der Waals surface area contributed by atoms with E-state index >= 15 is 0 Å². The summed E-state index contributed by atoms with van der Waals surface area (Å²) in [4.78, 5) is 35.8. The van der Waals surface area contributed by atoms with E-state index in [2.05, 4.69) is 10.1 Å². The highest BCUT2D eigenvalue weighted by molar-refractivity contribution is 5.89. The van der Waals surface area contributed by atoms with Gasteiger partial charge in [-0.05, 0) is 18.9 Å². The molecule has 122 valence electrons. The number of nitrogens with one attached hydrogen (secondary N) is 1. The molecule has 1 saturated carbocycles. The third-order valence-corrected chi connectivity index (χ3v) is 3.91. The fourth-order valence-corrected chi connectivity index (χ4v) is 2.74. The van der Waals surface area contributed by atoms with Gasteiger partial charge in [-0.1, -0.05) is 19.3 Å². The van der Waals surface area contributed by atoms with E-state index in [4.69, 9.17) is 5.26 Å². The quantitative estimate of drug-likeness (QED) is 0.833. The third-order valence-electron chi connectivity index (χ3n) is 3.91. The lowest BCUT2D eigenvalue weighted by Crippen LogP contribution is -2.40. The number of amides is 1. The molecule has 1 heterocycles. The molecule has 1 aromatic rings. The predicted octanol–water partition coefficient (Wildman–Crippen LogP) is 0.955. The van der Waals surface area contributed by atoms with E-state index in [1.807, 2.05) is 0 Å². The Kier molecular flexibility index (Phi) is 5.52. The first-order valence-corrected chi connectivity index (χ1v) is 7.57. The molecule has 23 heavy (non-hydrogen) atoms. The highest BCUT2D eigenvalue weighted by atomic mass is 16.5. The second-order valence-corrected chi connectivity index (χ2v) is 5.58. The molecule has 7 nitrogen and oxygen atoms in total. The SMILES string of the molecule is COC(=O)c1cc(C#N)c(=O)n(CC(=O)NC2CCCCC2)c1. The first kappa shape index (κ1) is 16.7. The van der Waals surface area contributed by atoms with Gasteiger partial charge in [0.25, 0.3) is 5.56 Å². The van der Waals surface area contributed by atoms with Crippen molar-refractivity contribution in [3.63, 3.8) is 0 Å². The van der Waals surface area contributed by atoms with Gasteiger partial charge in [0.05, 0.1) is 12.7 Å². The summed E-state index contributed by atoms with van der Waals surface area (Å²) in [5.41, 5.74) is -0.730. The summed E-state index contributed by atoms with van der Waals surface area (Å²) in [6, 6.07) is 3.04. The lowest BCUT2D eigenvalue weighted by atomic mass is 9.95. The van der Waals surface area contributed by atoms with Gasteiger partial charge in [0.1, 0.15) is 18.2 Å². The van der Waals surface area contributed by atoms with Crippen molar-refractivity contribution in [1.29, 1.82) is 5.26 Å². The molecule has 0 spiro atoms. The number of nitrogens with zero attached hydrogens (tertiary/aromatic N) is 2. The number of carbonyl (C=O) groups is 2. The maximum absolute atomic E-state index is 12.1. The van der Waals surface area contributed by atoms with Crippen LogP contribution in [0.2, 0.25) is 0 Å². The van der Waals surface area contributed by atoms with Crippen molar-refractivity contribution in [2.45, 2.75) is 44.7 Å². The van der Waals surface area contributed by atoms with Crippen molar-refractivity contribution < 1.29 is 14.3 Å². The number of methoxy groups -OCH3 is 1. The normalized spacial score (nSPS) is 14.8. The predicted molar refractivity (Wildman–Crippen MR) is 81.8 cm³/mol. The second kappa shape index (κ2) is 7.58. The standard InChI is InChI=1S/C16H19N3O4/c1-23-16(22)12-7-11(8-17)15(21)19(9-12)10-14(20)18-13-5-3-2-4-6-13/h7,9,13H,2-6,10H2,1H3,(H,18,20). The molecule has 1 fully saturated rings. The summed E-state index contributed by atoms with van der Waals surface area (Å²) < 4.78 is 5.67. The largest absolute Gasteiger partial charge is 0.465 e. The Balaban J connectivity index is 2.17. The van der Waals surface area contributed by atoms with Gasteiger partial charge < -0.3 is 14.6 Å². The molecule has 0 aromatic carbocycles. The van der Waals surface area contributed by atoms with Crippen LogP contribution in [-0.2, 0) is 16.1 Å². The van der Waals surface area contributed by atoms with E-state index < -0.39 is 11.5 Å². The zero-order valence-corrected chi connectivity index (χ0v) is 13.0. The number of hydrogen-bond acceptors (Lipinski definition) is 5. The smallest absolute Gasteiger partial charge is 0.339 e. The molecule has 0 radical (unpaired) electrons. The zero-order valence-electron chi connectivity index (χ0n) is 13.0. The maximum atomic E-state index is 12.1. The minimum Gasteiger partial charge on any atom is -0.465 e. The first-order valence-electron chi connectivity index (χ1n) is 7.57. The molecule has 1 aliphatic carbocycles. The Morgan fingerprint density at radius 2 is 2.09 bits per heavy atom. The van der Waals surface area contributed by atoms with Crippen LogP contribution in [-0.4, -0.2) is 29.6 Å². The molecule has 0 bridgehead atoms. The van der Waals surface area contributed by atoms with Crippen LogP contribution in [0.5, 0.6) is 0 Å². The van der Waals surface area contributed by atoms with Crippen molar-refractivity contribution in [1.82, 2.24) is 9.88 Å². The van der Waals surface area contributed by atoms with E-state index in [1.165, 1.54) is 25.8 Å². The number of aromatic nitrogens is 1. The van der Waals surface area contributed by atoms with Crippen LogP contribution in [0.15, 0.2) is 17.1 Å². The van der Waals surface area contributed by atoms with Crippen LogP contribution < -0.4 is 10.9 Å². The molecule has 1 aliphatic rings. The van der Waals surface area contributed by atoms with Crippen LogP contribution in [0.1, 0.15) is 48.0 Å². The minimum absolute atomic E-state index is 0.0640. The monoisotopic (exact) mass is 317 g/mol. The van der Waals surface area contributed by atoms with Crippen LogP contribution in [0.4, 0.5) is 0 Å². The number of hydrogen-bond donors (Lipinski definition) is 1. The Bertz CT molecular complexity index is 696. The maximum Gasteiger partial charge on any atom is 0.339 e. The van der Waals surface area contributed by atoms with Crippen LogP contribution in [0.25, 0.3) is 0 Å². The van der Waals surface area contributed by atoms with Gasteiger partial charge in [-0.2, -0.15) is 5.26 Å². The third kappa shape index (κ3) is 4.19. The summed E-state index contributed by atoms with van der Waals surface area (Å²) in [5.74, 6) is -0.965. The van der Waals surface area contributed by atoms with Crippen molar-refractivity contribution >= 4 is 11.9 Å². The van der Waals surface area contributed by atoms with Gasteiger partial charge in [0.2, 0.25) is 5.91 Å². The molecular formula is C16H19N3O4. The average molecular weight is 317 g/mol. The van der Waals surface area contributed by atoms with E-state index in [0.29, 0.717) is 0 Å². The van der Waals surface area contributed by atoms with Crippen molar-refractivity contribution in [3.05, 3.63) is 33.7 Å². The minimum atomic E-state index is -0.664. The van der Waals surface area contributed by atoms with E-state index in [9.17, 15) is 14.4 Å². The van der Waals surface area contributed by atoms with E-state index in [1.54, 1.807) is 6.07 Å². The fourth-order valence-electron chi connectivity index (χ4n) is 2.74. The summed E-state index contributed by atoms with van der Waals surface area (Å²) in [5, 5.41) is 11.9. The lowest BCUT2D eigenvalue weighted by molar-refractivity contribution is -0.122. The van der Waals surface area contributed by atoms with Crippen molar-refractivity contribution in [2.24, 2.45) is 0 Å². The Hall–Kier alpha value is -2.62. The van der Waals surface area contributed by atoms with Crippen LogP contribution in [0, 0.1) is 11.3 Å². The molecule has 1 amide bonds. The topological polar surface area (TPSA) is 101 Å². The van der Waals surface area contributed by atoms with Gasteiger partial charge in [-0.15, -0.1) is 0 Å². The Labute approximate surface area is 133 Å². The summed E-state index contributed by atoms with van der Waals surface area (Å²) >= 11 is 0. The van der Waals surface area contributed by atoms with E-state index in [-0.39, 0.29) is 29.6 Å². The first-order chi connectivity index (χ1) is 11.0. The number of ether oxygens (including phenoxy) is 1. The number of pyridine rings is 1. The number of esters is 1. The Morgan fingerprint density at radius 1 is 1.39 bits per heavy atom.